The molecule has 1 N–H and O–H groups in total. The maximum atomic E-state index is 6.54. The van der Waals surface area contributed by atoms with Gasteiger partial charge in [0.15, 0.2) is 5.84 Å². The van der Waals surface area contributed by atoms with E-state index < -0.39 is 0 Å². The van der Waals surface area contributed by atoms with Crippen LogP contribution in [-0.4, -0.2) is 11.7 Å². The Morgan fingerprint density at radius 3 is 2.04 bits per heavy atom. The fraction of sp³-hybridized carbons (Fsp3) is 0.0233. The van der Waals surface area contributed by atoms with Crippen LogP contribution >= 0.6 is 0 Å². The third kappa shape index (κ3) is 4.18. The summed E-state index contributed by atoms with van der Waals surface area (Å²) in [5.74, 6) is 1.42. The average Bonchev–Trinajstić information content (AvgIpc) is 3.74. The Morgan fingerprint density at radius 1 is 0.500 bits per heavy atom. The largest absolute Gasteiger partial charge is 0.456 e. The molecular formula is C43H27N3O2. The molecule has 0 spiro atoms. The molecule has 5 nitrogen and oxygen atoms in total. The van der Waals surface area contributed by atoms with Gasteiger partial charge in [0.05, 0.1) is 0 Å². The molecular weight excluding hydrogens is 590 g/mol. The van der Waals surface area contributed by atoms with Gasteiger partial charge in [0, 0.05) is 38.2 Å². The molecule has 2 aromatic heterocycles. The van der Waals surface area contributed by atoms with Gasteiger partial charge in [-0.15, -0.1) is 0 Å². The fourth-order valence-electron chi connectivity index (χ4n) is 7.10. The molecule has 1 atom stereocenters. The summed E-state index contributed by atoms with van der Waals surface area (Å²) >= 11 is 0. The number of para-hydroxylation sites is 2. The molecule has 10 rings (SSSR count). The van der Waals surface area contributed by atoms with E-state index >= 15 is 0 Å². The van der Waals surface area contributed by atoms with Gasteiger partial charge in [-0.25, -0.2) is 9.98 Å². The smallest absolute Gasteiger partial charge is 0.159 e. The quantitative estimate of drug-likeness (QED) is 0.214. The highest BCUT2D eigenvalue weighted by atomic mass is 16.3. The molecule has 0 aliphatic carbocycles. The van der Waals surface area contributed by atoms with Crippen LogP contribution in [0.3, 0.4) is 0 Å². The average molecular weight is 618 g/mol. The van der Waals surface area contributed by atoms with E-state index in [1.807, 2.05) is 54.6 Å². The van der Waals surface area contributed by atoms with Crippen LogP contribution in [0.4, 0.5) is 0 Å². The van der Waals surface area contributed by atoms with Crippen molar-refractivity contribution in [3.8, 4) is 11.1 Å². The van der Waals surface area contributed by atoms with Crippen molar-refractivity contribution in [3.05, 3.63) is 168 Å². The van der Waals surface area contributed by atoms with Crippen molar-refractivity contribution in [1.29, 1.82) is 0 Å². The number of nitrogens with one attached hydrogen (secondary N) is 1. The van der Waals surface area contributed by atoms with Crippen molar-refractivity contribution in [1.82, 2.24) is 5.32 Å². The van der Waals surface area contributed by atoms with Crippen LogP contribution < -0.4 is 5.32 Å². The first-order valence-electron chi connectivity index (χ1n) is 16.1. The van der Waals surface area contributed by atoms with Gasteiger partial charge in [0.25, 0.3) is 0 Å². The normalized spacial score (nSPS) is 14.9. The minimum atomic E-state index is -0.322. The fourth-order valence-corrected chi connectivity index (χ4v) is 7.10. The number of rotatable bonds is 4. The van der Waals surface area contributed by atoms with Gasteiger partial charge in [0.2, 0.25) is 0 Å². The van der Waals surface area contributed by atoms with Gasteiger partial charge in [-0.3, -0.25) is 0 Å². The Balaban J connectivity index is 1.21. The zero-order valence-electron chi connectivity index (χ0n) is 25.7. The number of hydrogen-bond donors (Lipinski definition) is 1. The van der Waals surface area contributed by atoms with Crippen LogP contribution in [0.5, 0.6) is 0 Å². The summed E-state index contributed by atoms with van der Waals surface area (Å²) in [6, 6.07) is 52.1. The predicted molar refractivity (Wildman–Crippen MR) is 196 cm³/mol. The van der Waals surface area contributed by atoms with Gasteiger partial charge < -0.3 is 14.2 Å². The minimum absolute atomic E-state index is 0.322. The van der Waals surface area contributed by atoms with Crippen LogP contribution in [-0.2, 0) is 0 Å². The number of fused-ring (bicyclic) bond motifs is 7. The van der Waals surface area contributed by atoms with Gasteiger partial charge >= 0.3 is 0 Å². The molecule has 9 aromatic rings. The predicted octanol–water partition coefficient (Wildman–Crippen LogP) is 10.8. The summed E-state index contributed by atoms with van der Waals surface area (Å²) in [6.07, 6.45) is -0.322. The highest BCUT2D eigenvalue weighted by Gasteiger charge is 2.25. The molecule has 1 aliphatic heterocycles. The number of nitrogens with zero attached hydrogens (tertiary/aromatic N) is 2. The van der Waals surface area contributed by atoms with Crippen molar-refractivity contribution in [2.45, 2.75) is 6.17 Å². The summed E-state index contributed by atoms with van der Waals surface area (Å²) in [5.41, 5.74) is 8.38. The van der Waals surface area contributed by atoms with Crippen LogP contribution in [0.25, 0.3) is 65.8 Å². The number of furan rings is 2. The standard InChI is InChI=1S/C43H27N3O2/c1-2-12-27(13-3-1)41-44-42(29-24-23-26-11-4-5-14-28(26)25-29)46-43(45-41)34-19-10-22-37-39(34)38-31(16-9-21-36(38)47-37)33-18-8-17-32-30-15-6-7-20-35(30)48-40(32)33/h1-25,41H,(H,44,45,46). The molecule has 3 heterocycles. The Kier molecular flexibility index (Phi) is 5.87. The lowest BCUT2D eigenvalue weighted by molar-refractivity contribution is 0.667. The molecule has 0 saturated carbocycles. The van der Waals surface area contributed by atoms with Crippen molar-refractivity contribution >= 4 is 66.3 Å². The maximum absolute atomic E-state index is 6.54. The highest BCUT2D eigenvalue weighted by molar-refractivity contribution is 6.25. The number of amidine groups is 2. The number of aliphatic imine (C=N–C) groups is 2. The summed E-state index contributed by atoms with van der Waals surface area (Å²) < 4.78 is 13.0. The molecule has 5 heteroatoms. The molecule has 0 radical (unpaired) electrons. The van der Waals surface area contributed by atoms with E-state index in [2.05, 4.69) is 102 Å². The summed E-state index contributed by atoms with van der Waals surface area (Å²) in [5, 5.41) is 10.2. The van der Waals surface area contributed by atoms with E-state index in [-0.39, 0.29) is 6.17 Å². The van der Waals surface area contributed by atoms with E-state index in [1.165, 1.54) is 5.39 Å². The molecule has 0 bridgehead atoms. The summed E-state index contributed by atoms with van der Waals surface area (Å²) in [7, 11) is 0. The third-order valence-corrected chi connectivity index (χ3v) is 9.34. The van der Waals surface area contributed by atoms with Gasteiger partial charge in [-0.05, 0) is 46.2 Å². The van der Waals surface area contributed by atoms with E-state index in [9.17, 15) is 0 Å². The third-order valence-electron chi connectivity index (χ3n) is 9.34. The second-order valence-corrected chi connectivity index (χ2v) is 12.2. The van der Waals surface area contributed by atoms with E-state index in [0.717, 1.165) is 82.9 Å². The van der Waals surface area contributed by atoms with Crippen LogP contribution in [0, 0.1) is 0 Å². The zero-order valence-corrected chi connectivity index (χ0v) is 25.7. The van der Waals surface area contributed by atoms with Crippen molar-refractivity contribution in [2.24, 2.45) is 9.98 Å². The molecule has 0 fully saturated rings. The maximum Gasteiger partial charge on any atom is 0.159 e. The van der Waals surface area contributed by atoms with Crippen LogP contribution in [0.15, 0.2) is 170 Å². The first-order valence-corrected chi connectivity index (χ1v) is 16.1. The lowest BCUT2D eigenvalue weighted by Gasteiger charge is -2.24. The Morgan fingerprint density at radius 2 is 1.17 bits per heavy atom. The highest BCUT2D eigenvalue weighted by Crippen LogP contribution is 2.42. The van der Waals surface area contributed by atoms with Crippen molar-refractivity contribution in [3.63, 3.8) is 0 Å². The van der Waals surface area contributed by atoms with E-state index in [0.29, 0.717) is 5.84 Å². The van der Waals surface area contributed by atoms with Crippen molar-refractivity contribution < 1.29 is 8.83 Å². The second kappa shape index (κ2) is 10.5. The summed E-state index contributed by atoms with van der Waals surface area (Å²) in [4.78, 5) is 10.4. The molecule has 48 heavy (non-hydrogen) atoms. The molecule has 226 valence electrons. The number of benzene rings is 7. The van der Waals surface area contributed by atoms with Crippen molar-refractivity contribution in [2.75, 3.05) is 0 Å². The first-order chi connectivity index (χ1) is 23.8. The molecule has 0 amide bonds. The lowest BCUT2D eigenvalue weighted by atomic mass is 9.95. The topological polar surface area (TPSA) is 63.0 Å². The summed E-state index contributed by atoms with van der Waals surface area (Å²) in [6.45, 7) is 0. The monoisotopic (exact) mass is 617 g/mol. The van der Waals surface area contributed by atoms with Gasteiger partial charge in [-0.1, -0.05) is 127 Å². The first kappa shape index (κ1) is 26.7. The van der Waals surface area contributed by atoms with Crippen LogP contribution in [0.1, 0.15) is 22.9 Å². The zero-order chi connectivity index (χ0) is 31.6. The Labute approximate surface area is 275 Å². The lowest BCUT2D eigenvalue weighted by Crippen LogP contribution is -2.33. The minimum Gasteiger partial charge on any atom is -0.456 e. The van der Waals surface area contributed by atoms with Gasteiger partial charge in [0.1, 0.15) is 34.3 Å². The van der Waals surface area contributed by atoms with E-state index in [4.69, 9.17) is 18.8 Å². The molecule has 1 unspecified atom stereocenters. The molecule has 0 saturated heterocycles. The van der Waals surface area contributed by atoms with E-state index in [1.54, 1.807) is 0 Å². The molecule has 1 aliphatic rings. The van der Waals surface area contributed by atoms with Crippen LogP contribution in [0.2, 0.25) is 0 Å². The number of hydrogen-bond acceptors (Lipinski definition) is 5. The Hall–Kier alpha value is -6.46. The van der Waals surface area contributed by atoms with Gasteiger partial charge in [-0.2, -0.15) is 0 Å². The SMILES string of the molecule is c1ccc(C2N=C(c3ccc4ccccc4c3)N=C(c3cccc4oc5cccc(-c6cccc7c6oc6ccccc67)c5c34)N2)cc1. The molecule has 7 aromatic carbocycles. The Bertz CT molecular complexity index is 2770. The second-order valence-electron chi connectivity index (χ2n) is 12.2.